The van der Waals surface area contributed by atoms with Crippen LogP contribution in [0.2, 0.25) is 0 Å². The first-order chi connectivity index (χ1) is 14.2. The zero-order valence-electron chi connectivity index (χ0n) is 15.9. The highest BCUT2D eigenvalue weighted by molar-refractivity contribution is 5.85. The molecule has 0 bridgehead atoms. The van der Waals surface area contributed by atoms with Crippen LogP contribution in [0.4, 0.5) is 10.2 Å². The molecule has 0 aliphatic heterocycles. The van der Waals surface area contributed by atoms with E-state index < -0.39 is 0 Å². The summed E-state index contributed by atoms with van der Waals surface area (Å²) in [5.74, 6) is 2.46. The van der Waals surface area contributed by atoms with Crippen molar-refractivity contribution in [2.45, 2.75) is 31.8 Å². The predicted molar refractivity (Wildman–Crippen MR) is 110 cm³/mol. The first-order valence-corrected chi connectivity index (χ1v) is 9.79. The van der Waals surface area contributed by atoms with E-state index in [2.05, 4.69) is 9.38 Å². The van der Waals surface area contributed by atoms with Gasteiger partial charge in [0.1, 0.15) is 41.0 Å². The quantitative estimate of drug-likeness (QED) is 0.525. The van der Waals surface area contributed by atoms with Gasteiger partial charge in [0.05, 0.1) is 0 Å². The molecule has 2 aromatic carbocycles. The lowest BCUT2D eigenvalue weighted by atomic mass is 9.85. The number of fused-ring (bicyclic) bond motifs is 1. The van der Waals surface area contributed by atoms with Gasteiger partial charge in [-0.3, -0.25) is 4.40 Å². The highest BCUT2D eigenvalue weighted by atomic mass is 19.1. The van der Waals surface area contributed by atoms with Crippen LogP contribution in [0.5, 0.6) is 5.75 Å². The highest BCUT2D eigenvalue weighted by Crippen LogP contribution is 2.39. The number of halogens is 1. The van der Waals surface area contributed by atoms with Crippen molar-refractivity contribution in [2.24, 2.45) is 0 Å². The Morgan fingerprint density at radius 2 is 1.97 bits per heavy atom. The van der Waals surface area contributed by atoms with Gasteiger partial charge < -0.3 is 10.5 Å². The number of nitrogens with two attached hydrogens (primary N) is 1. The van der Waals surface area contributed by atoms with Crippen molar-refractivity contribution in [2.75, 3.05) is 5.73 Å². The zero-order chi connectivity index (χ0) is 19.8. The number of rotatable bonds is 5. The van der Waals surface area contributed by atoms with Gasteiger partial charge in [-0.25, -0.2) is 14.4 Å². The van der Waals surface area contributed by atoms with Crippen LogP contribution < -0.4 is 10.5 Å². The van der Waals surface area contributed by atoms with Gasteiger partial charge in [0, 0.05) is 23.9 Å². The topological polar surface area (TPSA) is 65.4 Å². The number of benzene rings is 2. The molecule has 0 saturated heterocycles. The summed E-state index contributed by atoms with van der Waals surface area (Å²) in [5.41, 5.74) is 9.72. The lowest BCUT2D eigenvalue weighted by Gasteiger charge is -2.23. The van der Waals surface area contributed by atoms with Crippen LogP contribution in [0.3, 0.4) is 0 Å². The van der Waals surface area contributed by atoms with E-state index in [0.29, 0.717) is 18.3 Å². The van der Waals surface area contributed by atoms with Crippen LogP contribution in [0.25, 0.3) is 16.8 Å². The Morgan fingerprint density at radius 1 is 1.14 bits per heavy atom. The molecule has 2 heterocycles. The molecule has 1 aliphatic rings. The fourth-order valence-corrected chi connectivity index (χ4v) is 3.72. The third-order valence-electron chi connectivity index (χ3n) is 5.51. The van der Waals surface area contributed by atoms with Crippen molar-refractivity contribution >= 4 is 11.3 Å². The van der Waals surface area contributed by atoms with E-state index in [-0.39, 0.29) is 5.82 Å². The minimum Gasteiger partial charge on any atom is -0.489 e. The smallest absolute Gasteiger partial charge is 0.150 e. The van der Waals surface area contributed by atoms with Crippen molar-refractivity contribution < 1.29 is 9.13 Å². The van der Waals surface area contributed by atoms with Crippen LogP contribution in [0, 0.1) is 5.82 Å². The molecule has 0 amide bonds. The Hall–Kier alpha value is -3.41. The first-order valence-electron chi connectivity index (χ1n) is 9.79. The second-order valence-electron chi connectivity index (χ2n) is 7.42. The summed E-state index contributed by atoms with van der Waals surface area (Å²) in [6.07, 6.45) is 7.20. The largest absolute Gasteiger partial charge is 0.489 e. The number of nitrogens with zero attached hydrogens (tertiary/aromatic N) is 3. The molecule has 1 saturated carbocycles. The van der Waals surface area contributed by atoms with Crippen LogP contribution in [0.1, 0.15) is 36.6 Å². The highest BCUT2D eigenvalue weighted by Gasteiger charge is 2.26. The van der Waals surface area contributed by atoms with E-state index in [0.717, 1.165) is 46.8 Å². The maximum atomic E-state index is 13.1. The van der Waals surface area contributed by atoms with E-state index >= 15 is 0 Å². The normalized spacial score (nSPS) is 14.1. The number of nitrogen functional groups attached to an aromatic ring is 1. The second kappa shape index (κ2) is 7.20. The predicted octanol–water partition coefficient (Wildman–Crippen LogP) is 4.96. The summed E-state index contributed by atoms with van der Waals surface area (Å²) in [4.78, 5) is 9.23. The van der Waals surface area contributed by atoms with Gasteiger partial charge in [-0.05, 0) is 42.7 Å². The molecule has 0 radical (unpaired) electrons. The third-order valence-corrected chi connectivity index (χ3v) is 5.51. The number of anilines is 1. The molecule has 1 fully saturated rings. The summed E-state index contributed by atoms with van der Waals surface area (Å²) in [6, 6.07) is 14.1. The Labute approximate surface area is 168 Å². The molecule has 2 N–H and O–H groups in total. The lowest BCUT2D eigenvalue weighted by molar-refractivity contribution is 0.306. The minimum absolute atomic E-state index is 0.254. The van der Waals surface area contributed by atoms with Crippen molar-refractivity contribution in [3.63, 3.8) is 0 Å². The molecule has 2 aromatic heterocycles. The number of hydrogen-bond donors (Lipinski definition) is 1. The number of imidazole rings is 1. The SMILES string of the molecule is Nc1nccn2c(C3CCC3)nc(-c3cccc(OCc4ccc(F)cc4)c3)c12. The van der Waals surface area contributed by atoms with Crippen LogP contribution in [0.15, 0.2) is 60.9 Å². The molecule has 1 aliphatic carbocycles. The zero-order valence-corrected chi connectivity index (χ0v) is 15.9. The number of aromatic nitrogens is 3. The minimum atomic E-state index is -0.254. The molecular weight excluding hydrogens is 367 g/mol. The van der Waals surface area contributed by atoms with Crippen LogP contribution >= 0.6 is 0 Å². The monoisotopic (exact) mass is 388 g/mol. The molecule has 0 unspecified atom stereocenters. The van der Waals surface area contributed by atoms with Crippen molar-refractivity contribution in [1.29, 1.82) is 0 Å². The van der Waals surface area contributed by atoms with Gasteiger partial charge in [-0.1, -0.05) is 30.7 Å². The number of ether oxygens (including phenoxy) is 1. The number of hydrogen-bond acceptors (Lipinski definition) is 4. The van der Waals surface area contributed by atoms with Gasteiger partial charge in [-0.15, -0.1) is 0 Å². The maximum absolute atomic E-state index is 13.1. The molecule has 0 spiro atoms. The molecular formula is C23H21FN4O. The summed E-state index contributed by atoms with van der Waals surface area (Å²) < 4.78 is 21.1. The summed E-state index contributed by atoms with van der Waals surface area (Å²) >= 11 is 0. The molecule has 29 heavy (non-hydrogen) atoms. The first kappa shape index (κ1) is 17.7. The molecule has 4 aromatic rings. The Morgan fingerprint density at radius 3 is 2.72 bits per heavy atom. The van der Waals surface area contributed by atoms with Crippen LogP contribution in [-0.2, 0) is 6.61 Å². The van der Waals surface area contributed by atoms with Crippen molar-refractivity contribution in [1.82, 2.24) is 14.4 Å². The van der Waals surface area contributed by atoms with Crippen LogP contribution in [-0.4, -0.2) is 14.4 Å². The average molecular weight is 388 g/mol. The van der Waals surface area contributed by atoms with Gasteiger partial charge in [0.2, 0.25) is 0 Å². The Balaban J connectivity index is 1.49. The molecule has 146 valence electrons. The fraction of sp³-hybridized carbons (Fsp3) is 0.217. The van der Waals surface area contributed by atoms with Crippen molar-refractivity contribution in [3.8, 4) is 17.0 Å². The van der Waals surface area contributed by atoms with E-state index in [1.54, 1.807) is 18.3 Å². The lowest BCUT2D eigenvalue weighted by Crippen LogP contribution is -2.12. The van der Waals surface area contributed by atoms with E-state index in [9.17, 15) is 4.39 Å². The van der Waals surface area contributed by atoms with E-state index in [4.69, 9.17) is 15.5 Å². The Bertz CT molecular complexity index is 1170. The Kier molecular flexibility index (Phi) is 4.39. The van der Waals surface area contributed by atoms with E-state index in [1.807, 2.05) is 30.5 Å². The maximum Gasteiger partial charge on any atom is 0.150 e. The third kappa shape index (κ3) is 3.31. The average Bonchev–Trinajstić information content (AvgIpc) is 3.07. The molecule has 5 rings (SSSR count). The molecule has 5 nitrogen and oxygen atoms in total. The fourth-order valence-electron chi connectivity index (χ4n) is 3.72. The molecule has 6 heteroatoms. The van der Waals surface area contributed by atoms with Crippen molar-refractivity contribution in [3.05, 3.63) is 78.1 Å². The summed E-state index contributed by atoms with van der Waals surface area (Å²) in [7, 11) is 0. The van der Waals surface area contributed by atoms with Gasteiger partial charge >= 0.3 is 0 Å². The summed E-state index contributed by atoms with van der Waals surface area (Å²) in [6.45, 7) is 0.366. The van der Waals surface area contributed by atoms with Gasteiger partial charge in [-0.2, -0.15) is 0 Å². The summed E-state index contributed by atoms with van der Waals surface area (Å²) in [5, 5.41) is 0. The molecule has 0 atom stereocenters. The van der Waals surface area contributed by atoms with E-state index in [1.165, 1.54) is 18.6 Å². The van der Waals surface area contributed by atoms with Gasteiger partial charge in [0.25, 0.3) is 0 Å². The standard InChI is InChI=1S/C23H21FN4O/c24-18-9-7-15(8-10-18)14-29-19-6-2-5-17(13-19)20-21-22(25)26-11-12-28(21)23(27-20)16-3-1-4-16/h2,5-13,16H,1,3-4,14H2,(H2,25,26). The van der Waals surface area contributed by atoms with Gasteiger partial charge in [0.15, 0.2) is 0 Å². The second-order valence-corrected chi connectivity index (χ2v) is 7.42.